The molecule has 3 aliphatic carbocycles. The Labute approximate surface area is 163 Å². The van der Waals surface area contributed by atoms with E-state index in [0.717, 1.165) is 18.8 Å². The molecule has 0 amide bonds. The Kier molecular flexibility index (Phi) is 4.36. The Morgan fingerprint density at radius 2 is 1.85 bits per heavy atom. The molecule has 0 spiro atoms. The van der Waals surface area contributed by atoms with Crippen LogP contribution in [0.4, 0.5) is 0 Å². The summed E-state index contributed by atoms with van der Waals surface area (Å²) < 4.78 is 0. The van der Waals surface area contributed by atoms with Crippen LogP contribution in [0.3, 0.4) is 0 Å². The van der Waals surface area contributed by atoms with E-state index >= 15 is 0 Å². The molecule has 1 unspecified atom stereocenters. The third-order valence-electron chi connectivity index (χ3n) is 6.79. The second kappa shape index (κ2) is 7.00. The molecule has 0 N–H and O–H groups in total. The predicted octanol–water partition coefficient (Wildman–Crippen LogP) is 7.42. The normalized spacial score (nSPS) is 21.4. The first-order valence-electron chi connectivity index (χ1n) is 10.6. The van der Waals surface area contributed by atoms with Gasteiger partial charge in [0.15, 0.2) is 0 Å². The van der Waals surface area contributed by atoms with Gasteiger partial charge in [-0.05, 0) is 76.6 Å². The third kappa shape index (κ3) is 3.02. The highest BCUT2D eigenvalue weighted by Crippen LogP contribution is 2.44. The van der Waals surface area contributed by atoms with E-state index in [1.165, 1.54) is 59.1 Å². The molecule has 1 atom stereocenters. The van der Waals surface area contributed by atoms with Crippen LogP contribution < -0.4 is 0 Å². The van der Waals surface area contributed by atoms with Gasteiger partial charge >= 0.3 is 0 Å². The topological polar surface area (TPSA) is 0 Å². The minimum atomic E-state index is 0.664. The number of hydrogen-bond donors (Lipinski definition) is 0. The largest absolute Gasteiger partial charge is 0.0761 e. The fourth-order valence-corrected chi connectivity index (χ4v) is 5.30. The van der Waals surface area contributed by atoms with Crippen LogP contribution >= 0.6 is 0 Å². The van der Waals surface area contributed by atoms with E-state index in [2.05, 4.69) is 73.7 Å². The van der Waals surface area contributed by atoms with Crippen LogP contribution in [0.25, 0.3) is 17.2 Å². The monoisotopic (exact) mass is 352 g/mol. The van der Waals surface area contributed by atoms with E-state index in [-0.39, 0.29) is 0 Å². The summed E-state index contributed by atoms with van der Waals surface area (Å²) in [6.45, 7) is 2.25. The van der Waals surface area contributed by atoms with Crippen LogP contribution in [0.15, 0.2) is 60.7 Å². The summed E-state index contributed by atoms with van der Waals surface area (Å²) in [5.74, 6) is 1.53. The zero-order valence-corrected chi connectivity index (χ0v) is 16.2. The molecule has 136 valence electrons. The third-order valence-corrected chi connectivity index (χ3v) is 6.79. The zero-order chi connectivity index (χ0) is 18.2. The van der Waals surface area contributed by atoms with Crippen molar-refractivity contribution < 1.29 is 0 Å². The first kappa shape index (κ1) is 16.8. The average molecular weight is 353 g/mol. The van der Waals surface area contributed by atoms with Crippen LogP contribution in [0.5, 0.6) is 0 Å². The minimum absolute atomic E-state index is 0.664. The average Bonchev–Trinajstić information content (AvgIpc) is 3.47. The molecule has 0 aliphatic heterocycles. The van der Waals surface area contributed by atoms with Crippen LogP contribution in [0, 0.1) is 5.92 Å². The van der Waals surface area contributed by atoms with Gasteiger partial charge in [0, 0.05) is 5.92 Å². The lowest BCUT2D eigenvalue weighted by molar-refractivity contribution is 0.498. The van der Waals surface area contributed by atoms with Crippen LogP contribution in [0.2, 0.25) is 0 Å². The lowest BCUT2D eigenvalue weighted by atomic mass is 9.86. The van der Waals surface area contributed by atoms with Crippen molar-refractivity contribution in [1.82, 2.24) is 0 Å². The van der Waals surface area contributed by atoms with Gasteiger partial charge < -0.3 is 0 Å². The molecule has 27 heavy (non-hydrogen) atoms. The van der Waals surface area contributed by atoms with E-state index < -0.39 is 0 Å². The first-order valence-corrected chi connectivity index (χ1v) is 10.6. The van der Waals surface area contributed by atoms with Crippen molar-refractivity contribution in [1.29, 1.82) is 0 Å². The first-order chi connectivity index (χ1) is 13.3. The van der Waals surface area contributed by atoms with Gasteiger partial charge in [0.05, 0.1) is 0 Å². The summed E-state index contributed by atoms with van der Waals surface area (Å²) in [4.78, 5) is 0. The quantitative estimate of drug-likeness (QED) is 0.537. The van der Waals surface area contributed by atoms with Crippen molar-refractivity contribution in [2.24, 2.45) is 5.92 Å². The fourth-order valence-electron chi connectivity index (χ4n) is 5.30. The summed E-state index contributed by atoms with van der Waals surface area (Å²) >= 11 is 0. The van der Waals surface area contributed by atoms with E-state index in [4.69, 9.17) is 0 Å². The summed E-state index contributed by atoms with van der Waals surface area (Å²) in [6.07, 6.45) is 17.4. The van der Waals surface area contributed by atoms with E-state index in [0.29, 0.717) is 5.92 Å². The molecule has 0 bridgehead atoms. The highest BCUT2D eigenvalue weighted by atomic mass is 14.3. The van der Waals surface area contributed by atoms with Gasteiger partial charge in [-0.1, -0.05) is 80.5 Å². The maximum absolute atomic E-state index is 2.46. The molecule has 0 aromatic heterocycles. The van der Waals surface area contributed by atoms with Crippen molar-refractivity contribution in [3.05, 3.63) is 88.5 Å². The van der Waals surface area contributed by atoms with Crippen LogP contribution in [0.1, 0.15) is 72.8 Å². The number of rotatable bonds is 4. The molecule has 3 aliphatic rings. The van der Waals surface area contributed by atoms with Crippen LogP contribution in [-0.2, 0) is 6.42 Å². The second-order valence-electron chi connectivity index (χ2n) is 8.32. The van der Waals surface area contributed by atoms with Crippen molar-refractivity contribution in [2.45, 2.75) is 51.4 Å². The Balaban J connectivity index is 1.42. The maximum Gasteiger partial charge on any atom is 0.00555 e. The van der Waals surface area contributed by atoms with Gasteiger partial charge in [-0.3, -0.25) is 0 Å². The fraction of sp³-hybridized carbons (Fsp3) is 0.333. The zero-order valence-electron chi connectivity index (χ0n) is 16.2. The summed E-state index contributed by atoms with van der Waals surface area (Å²) in [5, 5.41) is 0. The van der Waals surface area contributed by atoms with Gasteiger partial charge in [0.25, 0.3) is 0 Å². The smallest absolute Gasteiger partial charge is 0.00555 e. The molecule has 1 saturated carbocycles. The Morgan fingerprint density at radius 3 is 2.70 bits per heavy atom. The summed E-state index contributed by atoms with van der Waals surface area (Å²) in [6, 6.07) is 16.0. The molecule has 2 aromatic rings. The van der Waals surface area contributed by atoms with Gasteiger partial charge in [-0.15, -0.1) is 0 Å². The van der Waals surface area contributed by atoms with Crippen molar-refractivity contribution in [3.8, 4) is 0 Å². The highest BCUT2D eigenvalue weighted by molar-refractivity contribution is 5.90. The van der Waals surface area contributed by atoms with Crippen molar-refractivity contribution >= 4 is 17.2 Å². The van der Waals surface area contributed by atoms with E-state index in [1.807, 2.05) is 0 Å². The molecule has 5 rings (SSSR count). The molecule has 0 nitrogen and oxygen atoms in total. The standard InChI is InChI=1S/C27H28/c1-2-19-7-5-6-10-25(19)23-12-11-21(17-23)22-13-15-27-24(18-22)14-16-26(27)20-8-3-4-9-20/h5-7,10-11,13-18,20,26H,2-4,8-9,12H2,1H3. The minimum Gasteiger partial charge on any atom is -0.0761 e. The van der Waals surface area contributed by atoms with Crippen molar-refractivity contribution in [2.75, 3.05) is 0 Å². The van der Waals surface area contributed by atoms with Gasteiger partial charge in [0.1, 0.15) is 0 Å². The van der Waals surface area contributed by atoms with Crippen LogP contribution in [-0.4, -0.2) is 0 Å². The maximum atomic E-state index is 2.46. The number of fused-ring (bicyclic) bond motifs is 1. The SMILES string of the molecule is CCc1ccccc1C1=CC(c2ccc3c(c2)C=CC3C2CCCC2)=CC1. The highest BCUT2D eigenvalue weighted by Gasteiger charge is 2.28. The Bertz CT molecular complexity index is 948. The molecule has 0 heterocycles. The summed E-state index contributed by atoms with van der Waals surface area (Å²) in [7, 11) is 0. The summed E-state index contributed by atoms with van der Waals surface area (Å²) in [5.41, 5.74) is 10.1. The molecular formula is C27H28. The molecule has 1 fully saturated rings. The second-order valence-corrected chi connectivity index (χ2v) is 8.32. The molecule has 0 saturated heterocycles. The van der Waals surface area contributed by atoms with E-state index in [1.54, 1.807) is 5.56 Å². The van der Waals surface area contributed by atoms with Crippen molar-refractivity contribution in [3.63, 3.8) is 0 Å². The van der Waals surface area contributed by atoms with Gasteiger partial charge in [-0.25, -0.2) is 0 Å². The molecule has 0 heteroatoms. The Hall–Kier alpha value is -2.34. The number of hydrogen-bond acceptors (Lipinski definition) is 0. The predicted molar refractivity (Wildman–Crippen MR) is 117 cm³/mol. The molecule has 0 radical (unpaired) electrons. The van der Waals surface area contributed by atoms with E-state index in [9.17, 15) is 0 Å². The molecular weight excluding hydrogens is 324 g/mol. The molecule has 2 aromatic carbocycles. The Morgan fingerprint density at radius 1 is 1.00 bits per heavy atom. The van der Waals surface area contributed by atoms with Gasteiger partial charge in [0.2, 0.25) is 0 Å². The number of aryl methyl sites for hydroxylation is 1. The lowest BCUT2D eigenvalue weighted by Gasteiger charge is -2.18. The van der Waals surface area contributed by atoms with Gasteiger partial charge in [-0.2, -0.15) is 0 Å². The number of benzene rings is 2. The number of allylic oxidation sites excluding steroid dienone is 5. The lowest BCUT2D eigenvalue weighted by Crippen LogP contribution is -2.05.